The van der Waals surface area contributed by atoms with E-state index in [9.17, 15) is 18.3 Å². The molecule has 6 heteroatoms. The molecule has 2 fully saturated rings. The first-order valence-corrected chi connectivity index (χ1v) is 12.0. The number of β-amino-alcohol motifs (C(OH)–C–C–N with tert-alkyl or cyclic N) is 1. The molecule has 1 aliphatic heterocycles. The molecule has 1 heterocycles. The van der Waals surface area contributed by atoms with Crippen molar-refractivity contribution in [3.8, 4) is 0 Å². The summed E-state index contributed by atoms with van der Waals surface area (Å²) in [4.78, 5) is 2.38. The van der Waals surface area contributed by atoms with Crippen LogP contribution in [0.3, 0.4) is 0 Å². The average Bonchev–Trinajstić information content (AvgIpc) is 2.73. The first-order valence-electron chi connectivity index (χ1n) is 11.6. The van der Waals surface area contributed by atoms with Crippen LogP contribution < -0.4 is 0 Å². The van der Waals surface area contributed by atoms with Gasteiger partial charge in [0, 0.05) is 23.5 Å². The summed E-state index contributed by atoms with van der Waals surface area (Å²) in [6, 6.07) is 13.5. The fourth-order valence-corrected chi connectivity index (χ4v) is 5.48. The Morgan fingerprint density at radius 1 is 1.03 bits per heavy atom. The van der Waals surface area contributed by atoms with Crippen LogP contribution in [0.2, 0.25) is 5.02 Å². The summed E-state index contributed by atoms with van der Waals surface area (Å²) in [5, 5.41) is 11.9. The van der Waals surface area contributed by atoms with E-state index < -0.39 is 17.8 Å². The first kappa shape index (κ1) is 23.6. The molecular weight excluding hydrogens is 435 g/mol. The summed E-state index contributed by atoms with van der Waals surface area (Å²) in [5.74, 6) is 0.506. The van der Waals surface area contributed by atoms with E-state index in [0.717, 1.165) is 63.6 Å². The number of aliphatic hydroxyl groups is 1. The second kappa shape index (κ2) is 9.74. The van der Waals surface area contributed by atoms with Crippen molar-refractivity contribution in [3.05, 3.63) is 70.2 Å². The summed E-state index contributed by atoms with van der Waals surface area (Å²) in [5.41, 5.74) is 1.37. The molecule has 1 N–H and O–H groups in total. The van der Waals surface area contributed by atoms with E-state index in [1.165, 1.54) is 17.7 Å². The van der Waals surface area contributed by atoms with Gasteiger partial charge in [0.2, 0.25) is 0 Å². The molecule has 0 aromatic heterocycles. The van der Waals surface area contributed by atoms with E-state index in [4.69, 9.17) is 11.6 Å². The molecule has 2 atom stereocenters. The zero-order valence-electron chi connectivity index (χ0n) is 18.3. The number of likely N-dealkylation sites (tertiary alicyclic amines) is 1. The Morgan fingerprint density at radius 3 is 2.31 bits per heavy atom. The lowest BCUT2D eigenvalue weighted by Gasteiger charge is -2.48. The number of piperidine rings is 1. The lowest BCUT2D eigenvalue weighted by Crippen LogP contribution is -2.52. The summed E-state index contributed by atoms with van der Waals surface area (Å²) < 4.78 is 38.3. The van der Waals surface area contributed by atoms with Crippen molar-refractivity contribution < 1.29 is 18.3 Å². The van der Waals surface area contributed by atoms with Gasteiger partial charge in [0.05, 0.1) is 11.7 Å². The number of nitrogens with zero attached hydrogens (tertiary/aromatic N) is 1. The van der Waals surface area contributed by atoms with Crippen molar-refractivity contribution in [2.75, 3.05) is 19.6 Å². The Kier molecular flexibility index (Phi) is 7.18. The maximum absolute atomic E-state index is 12.8. The number of aryl methyl sites for hydroxylation is 1. The average molecular weight is 466 g/mol. The molecule has 2 aromatic carbocycles. The van der Waals surface area contributed by atoms with Crippen molar-refractivity contribution in [3.63, 3.8) is 0 Å². The largest absolute Gasteiger partial charge is 0.416 e. The predicted octanol–water partition coefficient (Wildman–Crippen LogP) is 6.49. The monoisotopic (exact) mass is 465 g/mol. The van der Waals surface area contributed by atoms with Crippen molar-refractivity contribution in [2.24, 2.45) is 5.92 Å². The predicted molar refractivity (Wildman–Crippen MR) is 122 cm³/mol. The topological polar surface area (TPSA) is 23.5 Å². The minimum absolute atomic E-state index is 0.169. The number of hydrogen-bond donors (Lipinski definition) is 1. The zero-order valence-corrected chi connectivity index (χ0v) is 19.0. The highest BCUT2D eigenvalue weighted by Crippen LogP contribution is 2.47. The molecule has 0 spiro atoms. The SMILES string of the molecule is O[C@@H](CN1CCCC(CCc2ccc(C(F)(F)F)cc2)C1)C1(c2ccc(Cl)cc2)CCC1. The summed E-state index contributed by atoms with van der Waals surface area (Å²) in [6.45, 7) is 2.60. The third-order valence-corrected chi connectivity index (χ3v) is 7.71. The number of benzene rings is 2. The zero-order chi connectivity index (χ0) is 22.8. The third-order valence-electron chi connectivity index (χ3n) is 7.46. The molecule has 1 aliphatic carbocycles. The van der Waals surface area contributed by atoms with Gasteiger partial charge in [-0.25, -0.2) is 0 Å². The molecular formula is C26H31ClF3NO. The Labute approximate surface area is 193 Å². The third kappa shape index (κ3) is 5.32. The number of halogens is 4. The number of aliphatic hydroxyl groups excluding tert-OH is 1. The Balaban J connectivity index is 1.31. The van der Waals surface area contributed by atoms with E-state index in [2.05, 4.69) is 4.90 Å². The second-order valence-corrected chi connectivity index (χ2v) is 9.97. The van der Waals surface area contributed by atoms with Crippen molar-refractivity contribution >= 4 is 11.6 Å². The van der Waals surface area contributed by atoms with Gasteiger partial charge in [0.1, 0.15) is 0 Å². The molecule has 32 heavy (non-hydrogen) atoms. The number of alkyl halides is 3. The molecule has 4 rings (SSSR count). The van der Waals surface area contributed by atoms with Gasteiger partial charge < -0.3 is 10.0 Å². The van der Waals surface area contributed by atoms with Gasteiger partial charge in [-0.3, -0.25) is 0 Å². The van der Waals surface area contributed by atoms with Gasteiger partial charge in [-0.1, -0.05) is 42.3 Å². The Bertz CT molecular complexity index is 877. The lowest BCUT2D eigenvalue weighted by molar-refractivity contribution is -0.137. The first-order chi connectivity index (χ1) is 15.3. The standard InChI is InChI=1S/C26H31ClF3NO/c27-23-12-10-21(11-13-23)25(14-2-15-25)24(32)18-31-16-1-3-20(17-31)5-4-19-6-8-22(9-7-19)26(28,29)30/h6-13,20,24,32H,1-5,14-18H2/t20?,24-/m0/s1. The maximum atomic E-state index is 12.8. The van der Waals surface area contributed by atoms with E-state index in [-0.39, 0.29) is 5.41 Å². The fraction of sp³-hybridized carbons (Fsp3) is 0.538. The minimum Gasteiger partial charge on any atom is -0.391 e. The maximum Gasteiger partial charge on any atom is 0.416 e. The van der Waals surface area contributed by atoms with Crippen LogP contribution in [0.25, 0.3) is 0 Å². The Morgan fingerprint density at radius 2 is 1.72 bits per heavy atom. The van der Waals surface area contributed by atoms with Gasteiger partial charge >= 0.3 is 6.18 Å². The van der Waals surface area contributed by atoms with Gasteiger partial charge in [0.15, 0.2) is 0 Å². The quantitative estimate of drug-likeness (QED) is 0.505. The van der Waals surface area contributed by atoms with Crippen LogP contribution in [-0.2, 0) is 18.0 Å². The van der Waals surface area contributed by atoms with E-state index in [1.807, 2.05) is 24.3 Å². The number of rotatable bonds is 7. The van der Waals surface area contributed by atoms with Gasteiger partial charge in [-0.2, -0.15) is 13.2 Å². The highest BCUT2D eigenvalue weighted by Gasteiger charge is 2.45. The molecule has 2 aliphatic rings. The summed E-state index contributed by atoms with van der Waals surface area (Å²) in [7, 11) is 0. The van der Waals surface area contributed by atoms with E-state index in [0.29, 0.717) is 17.5 Å². The van der Waals surface area contributed by atoms with Crippen LogP contribution in [0.1, 0.15) is 55.2 Å². The minimum atomic E-state index is -4.28. The number of hydrogen-bond acceptors (Lipinski definition) is 2. The molecule has 1 unspecified atom stereocenters. The summed E-state index contributed by atoms with van der Waals surface area (Å²) >= 11 is 6.06. The molecule has 0 amide bonds. The normalized spacial score (nSPS) is 22.3. The van der Waals surface area contributed by atoms with Crippen molar-refractivity contribution in [1.82, 2.24) is 4.90 Å². The van der Waals surface area contributed by atoms with E-state index in [1.54, 1.807) is 12.1 Å². The highest BCUT2D eigenvalue weighted by atomic mass is 35.5. The molecule has 1 saturated heterocycles. The van der Waals surface area contributed by atoms with Gasteiger partial charge in [-0.15, -0.1) is 0 Å². The lowest BCUT2D eigenvalue weighted by atomic mass is 9.61. The Hall–Kier alpha value is -1.56. The smallest absolute Gasteiger partial charge is 0.391 e. The fourth-order valence-electron chi connectivity index (χ4n) is 5.36. The molecule has 0 bridgehead atoms. The highest BCUT2D eigenvalue weighted by molar-refractivity contribution is 6.30. The van der Waals surface area contributed by atoms with Crippen LogP contribution in [0.15, 0.2) is 48.5 Å². The van der Waals surface area contributed by atoms with Gasteiger partial charge in [-0.05, 0) is 86.4 Å². The second-order valence-electron chi connectivity index (χ2n) is 9.53. The van der Waals surface area contributed by atoms with Crippen LogP contribution in [0.5, 0.6) is 0 Å². The van der Waals surface area contributed by atoms with Gasteiger partial charge in [0.25, 0.3) is 0 Å². The van der Waals surface area contributed by atoms with Crippen LogP contribution in [0.4, 0.5) is 13.2 Å². The van der Waals surface area contributed by atoms with Crippen molar-refractivity contribution in [2.45, 2.75) is 62.6 Å². The van der Waals surface area contributed by atoms with E-state index >= 15 is 0 Å². The molecule has 1 saturated carbocycles. The molecule has 0 radical (unpaired) electrons. The van der Waals surface area contributed by atoms with Crippen LogP contribution in [-0.4, -0.2) is 35.7 Å². The van der Waals surface area contributed by atoms with Crippen molar-refractivity contribution in [1.29, 1.82) is 0 Å². The molecule has 174 valence electrons. The van der Waals surface area contributed by atoms with Crippen LogP contribution in [0, 0.1) is 5.92 Å². The summed E-state index contributed by atoms with van der Waals surface area (Å²) in [6.07, 6.45) is 2.41. The molecule has 2 aromatic rings. The molecule has 2 nitrogen and oxygen atoms in total. The van der Waals surface area contributed by atoms with Crippen LogP contribution >= 0.6 is 11.6 Å².